The first kappa shape index (κ1) is 7.47. The Bertz CT molecular complexity index is 143. The molecule has 0 aromatic carbocycles. The van der Waals surface area contributed by atoms with Crippen molar-refractivity contribution in [2.24, 2.45) is 5.41 Å². The number of carboxylic acid groups (broad SMARTS) is 1. The molecule has 1 rings (SSSR count). The maximum Gasteiger partial charge on any atom is 0.313 e. The topological polar surface area (TPSA) is 49.3 Å². The van der Waals surface area contributed by atoms with E-state index in [2.05, 4.69) is 5.32 Å². The Morgan fingerprint density at radius 1 is 1.80 bits per heavy atom. The van der Waals surface area contributed by atoms with Gasteiger partial charge in [-0.25, -0.2) is 4.39 Å². The van der Waals surface area contributed by atoms with Crippen molar-refractivity contribution in [2.45, 2.75) is 6.42 Å². The number of carbonyl (C=O) groups is 1. The summed E-state index contributed by atoms with van der Waals surface area (Å²) in [5, 5.41) is 11.4. The van der Waals surface area contributed by atoms with Crippen molar-refractivity contribution in [1.82, 2.24) is 5.32 Å². The molecule has 1 atom stereocenters. The molecule has 1 saturated heterocycles. The second kappa shape index (κ2) is 2.54. The number of hydrogen-bond acceptors (Lipinski definition) is 2. The highest BCUT2D eigenvalue weighted by molar-refractivity contribution is 5.75. The van der Waals surface area contributed by atoms with Crippen molar-refractivity contribution in [2.75, 3.05) is 19.8 Å². The van der Waals surface area contributed by atoms with Crippen LogP contribution in [0.4, 0.5) is 4.39 Å². The number of hydrogen-bond donors (Lipinski definition) is 2. The van der Waals surface area contributed by atoms with Crippen LogP contribution < -0.4 is 5.32 Å². The van der Waals surface area contributed by atoms with Gasteiger partial charge in [0.1, 0.15) is 12.1 Å². The molecule has 0 aromatic heterocycles. The van der Waals surface area contributed by atoms with Gasteiger partial charge in [0, 0.05) is 6.54 Å². The molecule has 3 nitrogen and oxygen atoms in total. The monoisotopic (exact) mass is 147 g/mol. The van der Waals surface area contributed by atoms with E-state index in [1.54, 1.807) is 0 Å². The Kier molecular flexibility index (Phi) is 1.89. The lowest BCUT2D eigenvalue weighted by molar-refractivity contribution is -0.148. The van der Waals surface area contributed by atoms with Gasteiger partial charge in [-0.3, -0.25) is 4.79 Å². The van der Waals surface area contributed by atoms with Crippen LogP contribution in [-0.4, -0.2) is 30.8 Å². The molecule has 1 unspecified atom stereocenters. The molecule has 0 amide bonds. The van der Waals surface area contributed by atoms with Crippen LogP contribution in [0, 0.1) is 5.41 Å². The van der Waals surface area contributed by atoms with Crippen LogP contribution in [0.25, 0.3) is 0 Å². The van der Waals surface area contributed by atoms with Gasteiger partial charge in [0.05, 0.1) is 0 Å². The molecule has 1 aliphatic heterocycles. The summed E-state index contributed by atoms with van der Waals surface area (Å²) in [5.74, 6) is -1.03. The smallest absolute Gasteiger partial charge is 0.313 e. The second-order valence-electron chi connectivity index (χ2n) is 2.65. The fourth-order valence-corrected chi connectivity index (χ4v) is 1.10. The quantitative estimate of drug-likeness (QED) is 0.579. The zero-order chi connectivity index (χ0) is 7.61. The van der Waals surface area contributed by atoms with E-state index in [0.29, 0.717) is 13.0 Å². The minimum Gasteiger partial charge on any atom is -0.481 e. The predicted octanol–water partition coefficient (Wildman–Crippen LogP) is 0.0202. The van der Waals surface area contributed by atoms with Crippen LogP contribution in [-0.2, 0) is 4.79 Å². The van der Waals surface area contributed by atoms with Gasteiger partial charge in [0.25, 0.3) is 0 Å². The molecule has 4 heteroatoms. The van der Waals surface area contributed by atoms with Gasteiger partial charge in [-0.1, -0.05) is 0 Å². The van der Waals surface area contributed by atoms with Gasteiger partial charge in [0.15, 0.2) is 0 Å². The molecule has 0 aliphatic carbocycles. The maximum atomic E-state index is 12.2. The molecule has 1 aliphatic rings. The Balaban J connectivity index is 2.67. The fraction of sp³-hybridized carbons (Fsp3) is 0.833. The maximum absolute atomic E-state index is 12.2. The van der Waals surface area contributed by atoms with Crippen molar-refractivity contribution >= 4 is 5.97 Å². The molecule has 0 spiro atoms. The third-order valence-electron chi connectivity index (χ3n) is 1.95. The van der Waals surface area contributed by atoms with E-state index in [-0.39, 0.29) is 6.54 Å². The fourth-order valence-electron chi connectivity index (χ4n) is 1.10. The summed E-state index contributed by atoms with van der Waals surface area (Å²) in [6.45, 7) is 0.102. The zero-order valence-electron chi connectivity index (χ0n) is 5.56. The highest BCUT2D eigenvalue weighted by Gasteiger charge is 2.41. The Morgan fingerprint density at radius 2 is 2.50 bits per heavy atom. The lowest BCUT2D eigenvalue weighted by Crippen LogP contribution is -2.35. The molecule has 58 valence electrons. The summed E-state index contributed by atoms with van der Waals surface area (Å²) in [6, 6.07) is 0. The number of carboxylic acids is 1. The van der Waals surface area contributed by atoms with E-state index in [0.717, 1.165) is 0 Å². The summed E-state index contributed by atoms with van der Waals surface area (Å²) >= 11 is 0. The van der Waals surface area contributed by atoms with Crippen LogP contribution in [0.2, 0.25) is 0 Å². The SMILES string of the molecule is O=C(O)C1(CF)CCNC1. The van der Waals surface area contributed by atoms with Crippen LogP contribution in [0.3, 0.4) is 0 Å². The third kappa shape index (κ3) is 0.988. The van der Waals surface area contributed by atoms with Gasteiger partial charge >= 0.3 is 5.97 Å². The lowest BCUT2D eigenvalue weighted by atomic mass is 9.89. The van der Waals surface area contributed by atoms with Crippen LogP contribution in [0.15, 0.2) is 0 Å². The minimum atomic E-state index is -1.12. The summed E-state index contributed by atoms with van der Waals surface area (Å²) in [7, 11) is 0. The molecular formula is C6H10FNO2. The van der Waals surface area contributed by atoms with E-state index in [1.165, 1.54) is 0 Å². The number of rotatable bonds is 2. The van der Waals surface area contributed by atoms with Crippen molar-refractivity contribution in [1.29, 1.82) is 0 Å². The van der Waals surface area contributed by atoms with Gasteiger partial charge in [-0.05, 0) is 13.0 Å². The van der Waals surface area contributed by atoms with Crippen LogP contribution in [0.5, 0.6) is 0 Å². The van der Waals surface area contributed by atoms with E-state index in [1.807, 2.05) is 0 Å². The molecule has 0 aromatic rings. The van der Waals surface area contributed by atoms with Gasteiger partial charge in [0.2, 0.25) is 0 Å². The number of alkyl halides is 1. The molecule has 0 bridgehead atoms. The van der Waals surface area contributed by atoms with Gasteiger partial charge in [-0.2, -0.15) is 0 Å². The predicted molar refractivity (Wildman–Crippen MR) is 33.5 cm³/mol. The first-order valence-electron chi connectivity index (χ1n) is 3.21. The highest BCUT2D eigenvalue weighted by Crippen LogP contribution is 2.25. The van der Waals surface area contributed by atoms with E-state index in [9.17, 15) is 9.18 Å². The summed E-state index contributed by atoms with van der Waals surface area (Å²) in [4.78, 5) is 10.5. The Morgan fingerprint density at radius 3 is 2.70 bits per heavy atom. The molecule has 0 saturated carbocycles. The average molecular weight is 147 g/mol. The van der Waals surface area contributed by atoms with Crippen molar-refractivity contribution < 1.29 is 14.3 Å². The Labute approximate surface area is 58.2 Å². The first-order chi connectivity index (χ1) is 4.71. The molecule has 1 fully saturated rings. The van der Waals surface area contributed by atoms with Crippen molar-refractivity contribution in [3.63, 3.8) is 0 Å². The molecule has 2 N–H and O–H groups in total. The standard InChI is InChI=1S/C6H10FNO2/c7-3-6(5(9)10)1-2-8-4-6/h8H,1-4H2,(H,9,10). The molecule has 0 radical (unpaired) electrons. The number of nitrogens with one attached hydrogen (secondary N) is 1. The number of halogens is 1. The normalized spacial score (nSPS) is 32.5. The van der Waals surface area contributed by atoms with Gasteiger partial charge < -0.3 is 10.4 Å². The first-order valence-corrected chi connectivity index (χ1v) is 3.21. The highest BCUT2D eigenvalue weighted by atomic mass is 19.1. The van der Waals surface area contributed by atoms with Crippen LogP contribution >= 0.6 is 0 Å². The van der Waals surface area contributed by atoms with E-state index < -0.39 is 18.1 Å². The zero-order valence-corrected chi connectivity index (χ0v) is 5.56. The van der Waals surface area contributed by atoms with Gasteiger partial charge in [-0.15, -0.1) is 0 Å². The van der Waals surface area contributed by atoms with Crippen LogP contribution in [0.1, 0.15) is 6.42 Å². The van der Waals surface area contributed by atoms with E-state index in [4.69, 9.17) is 5.11 Å². The average Bonchev–Trinajstić information content (AvgIpc) is 2.35. The van der Waals surface area contributed by atoms with Crippen molar-refractivity contribution in [3.05, 3.63) is 0 Å². The van der Waals surface area contributed by atoms with E-state index >= 15 is 0 Å². The third-order valence-corrected chi connectivity index (χ3v) is 1.95. The second-order valence-corrected chi connectivity index (χ2v) is 2.65. The Hall–Kier alpha value is -0.640. The summed E-state index contributed by atoms with van der Waals surface area (Å²) in [5.41, 5.74) is -1.12. The van der Waals surface area contributed by atoms with Crippen molar-refractivity contribution in [3.8, 4) is 0 Å². The lowest BCUT2D eigenvalue weighted by Gasteiger charge is -2.17. The number of aliphatic carboxylic acids is 1. The molecule has 1 heterocycles. The molecule has 10 heavy (non-hydrogen) atoms. The summed E-state index contributed by atoms with van der Waals surface area (Å²) < 4.78 is 12.2. The molecular weight excluding hydrogens is 137 g/mol. The minimum absolute atomic E-state index is 0.263. The largest absolute Gasteiger partial charge is 0.481 e. The summed E-state index contributed by atoms with van der Waals surface area (Å²) in [6.07, 6.45) is 0.402.